The van der Waals surface area contributed by atoms with Crippen LogP contribution in [0.5, 0.6) is 11.5 Å². The highest BCUT2D eigenvalue weighted by molar-refractivity contribution is 5.42. The van der Waals surface area contributed by atoms with Gasteiger partial charge in [-0.2, -0.15) is 0 Å². The van der Waals surface area contributed by atoms with Crippen LogP contribution in [-0.2, 0) is 26.1 Å². The molecule has 0 saturated carbocycles. The van der Waals surface area contributed by atoms with Crippen molar-refractivity contribution < 1.29 is 19.3 Å². The number of quaternary nitrogens is 2. The maximum absolute atomic E-state index is 5.41. The van der Waals surface area contributed by atoms with Gasteiger partial charge in [0.15, 0.2) is 11.5 Å². The van der Waals surface area contributed by atoms with Crippen molar-refractivity contribution in [1.82, 2.24) is 20.2 Å². The van der Waals surface area contributed by atoms with Crippen LogP contribution in [0.1, 0.15) is 17.0 Å². The van der Waals surface area contributed by atoms with Gasteiger partial charge < -0.3 is 19.3 Å². The second kappa shape index (κ2) is 10.4. The van der Waals surface area contributed by atoms with Crippen molar-refractivity contribution in [3.05, 3.63) is 65.5 Å². The summed E-state index contributed by atoms with van der Waals surface area (Å²) in [6.45, 7) is 7.37. The Kier molecular flexibility index (Phi) is 7.11. The van der Waals surface area contributed by atoms with E-state index < -0.39 is 0 Å². The van der Waals surface area contributed by atoms with Crippen molar-refractivity contribution >= 4 is 0 Å². The number of rotatable bonds is 9. The molecular weight excluding hydrogens is 392 g/mol. The molecule has 1 fully saturated rings. The molecule has 0 spiro atoms. The number of ether oxygens (including phenoxy) is 2. The van der Waals surface area contributed by atoms with Crippen LogP contribution < -0.4 is 19.3 Å². The highest BCUT2D eigenvalue weighted by Gasteiger charge is 2.25. The fraction of sp³-hybridized carbons (Fsp3) is 0.435. The first-order valence-electron chi connectivity index (χ1n) is 10.9. The van der Waals surface area contributed by atoms with Gasteiger partial charge in [-0.3, -0.25) is 0 Å². The van der Waals surface area contributed by atoms with E-state index in [4.69, 9.17) is 9.47 Å². The van der Waals surface area contributed by atoms with Crippen LogP contribution in [0.4, 0.5) is 0 Å². The van der Waals surface area contributed by atoms with Gasteiger partial charge in [0, 0.05) is 12.1 Å². The Bertz CT molecular complexity index is 954. The van der Waals surface area contributed by atoms with Gasteiger partial charge in [-0.15, -0.1) is 5.10 Å². The molecule has 164 valence electrons. The monoisotopic (exact) mass is 424 g/mol. The van der Waals surface area contributed by atoms with Gasteiger partial charge in [0.2, 0.25) is 5.82 Å². The highest BCUT2D eigenvalue weighted by Crippen LogP contribution is 2.27. The number of aromatic nitrogens is 4. The fourth-order valence-corrected chi connectivity index (χ4v) is 4.21. The predicted molar refractivity (Wildman–Crippen MR) is 116 cm³/mol. The first-order chi connectivity index (χ1) is 15.2. The normalized spacial score (nSPS) is 18.6. The van der Waals surface area contributed by atoms with Gasteiger partial charge in [-0.1, -0.05) is 36.4 Å². The maximum Gasteiger partial charge on any atom is 0.206 e. The van der Waals surface area contributed by atoms with Gasteiger partial charge in [0.05, 0.1) is 14.2 Å². The number of benzene rings is 2. The molecule has 1 aromatic heterocycles. The Morgan fingerprint density at radius 2 is 1.55 bits per heavy atom. The van der Waals surface area contributed by atoms with E-state index in [0.29, 0.717) is 0 Å². The summed E-state index contributed by atoms with van der Waals surface area (Å²) in [6.07, 6.45) is 0.836. The van der Waals surface area contributed by atoms with E-state index in [-0.39, 0.29) is 0 Å². The number of aryl methyl sites for hydroxylation is 2. The highest BCUT2D eigenvalue weighted by atomic mass is 16.5. The summed E-state index contributed by atoms with van der Waals surface area (Å²) in [5.41, 5.74) is 2.59. The van der Waals surface area contributed by atoms with Crippen LogP contribution in [0, 0.1) is 0 Å². The molecule has 0 aliphatic carbocycles. The summed E-state index contributed by atoms with van der Waals surface area (Å²) in [7, 11) is 3.31. The molecule has 2 aromatic carbocycles. The molecule has 2 N–H and O–H groups in total. The summed E-state index contributed by atoms with van der Waals surface area (Å²) in [6, 6.07) is 16.8. The predicted octanol–water partition coefficient (Wildman–Crippen LogP) is -0.583. The summed E-state index contributed by atoms with van der Waals surface area (Å²) in [5.74, 6) is 2.45. The number of nitrogens with zero attached hydrogens (tertiary/aromatic N) is 4. The van der Waals surface area contributed by atoms with Crippen LogP contribution in [0.2, 0.25) is 0 Å². The molecule has 1 aliphatic heterocycles. The van der Waals surface area contributed by atoms with Gasteiger partial charge >= 0.3 is 0 Å². The zero-order valence-electron chi connectivity index (χ0n) is 18.4. The molecular formula is C23H32N6O2+2. The van der Waals surface area contributed by atoms with Crippen molar-refractivity contribution in [1.29, 1.82) is 0 Å². The SMILES string of the molecule is COc1ccc(CCn2nnnc2C[NH+]2CC[NH+](Cc3ccccc3)CC2)cc1OC. The summed E-state index contributed by atoms with van der Waals surface area (Å²) in [4.78, 5) is 3.21. The molecule has 0 atom stereocenters. The lowest BCUT2D eigenvalue weighted by molar-refractivity contribution is -1.02. The maximum atomic E-state index is 5.41. The Morgan fingerprint density at radius 3 is 2.26 bits per heavy atom. The lowest BCUT2D eigenvalue weighted by Crippen LogP contribution is -3.27. The minimum Gasteiger partial charge on any atom is -0.493 e. The van der Waals surface area contributed by atoms with Crippen LogP contribution in [-0.4, -0.2) is 60.6 Å². The Morgan fingerprint density at radius 1 is 0.839 bits per heavy atom. The Hall–Kier alpha value is -2.97. The van der Waals surface area contributed by atoms with Gasteiger partial charge in [-0.25, -0.2) is 4.68 Å². The largest absolute Gasteiger partial charge is 0.493 e. The molecule has 0 bridgehead atoms. The number of nitrogens with one attached hydrogen (secondary N) is 2. The smallest absolute Gasteiger partial charge is 0.206 e. The third kappa shape index (κ3) is 5.59. The first-order valence-corrected chi connectivity index (χ1v) is 10.9. The summed E-state index contributed by atoms with van der Waals surface area (Å²) < 4.78 is 12.7. The second-order valence-electron chi connectivity index (χ2n) is 8.10. The minimum absolute atomic E-state index is 0.742. The molecule has 8 heteroatoms. The summed E-state index contributed by atoms with van der Waals surface area (Å²) >= 11 is 0. The van der Waals surface area contributed by atoms with Crippen LogP contribution >= 0.6 is 0 Å². The molecule has 31 heavy (non-hydrogen) atoms. The standard InChI is InChI=1S/C23H30N6O2/c1-30-21-9-8-19(16-22(21)31-2)10-11-29-23(24-25-26-29)18-28-14-12-27(13-15-28)17-20-6-4-3-5-7-20/h3-9,16H,10-15,17-18H2,1-2H3/p+2. The first kappa shape index (κ1) is 21.3. The third-order valence-electron chi connectivity index (χ3n) is 6.04. The lowest BCUT2D eigenvalue weighted by Gasteiger charge is -2.29. The zero-order valence-corrected chi connectivity index (χ0v) is 18.4. The van der Waals surface area contributed by atoms with E-state index in [2.05, 4.69) is 51.9 Å². The van der Waals surface area contributed by atoms with Crippen LogP contribution in [0.25, 0.3) is 0 Å². The molecule has 1 saturated heterocycles. The average molecular weight is 425 g/mol. The van der Waals surface area contributed by atoms with E-state index >= 15 is 0 Å². The number of methoxy groups -OCH3 is 2. The summed E-state index contributed by atoms with van der Waals surface area (Å²) in [5, 5.41) is 12.5. The molecule has 0 amide bonds. The Labute approximate surface area is 183 Å². The molecule has 2 heterocycles. The van der Waals surface area contributed by atoms with Gasteiger partial charge in [-0.05, 0) is 34.5 Å². The van der Waals surface area contributed by atoms with Crippen molar-refractivity contribution in [2.24, 2.45) is 0 Å². The second-order valence-corrected chi connectivity index (χ2v) is 8.10. The fourth-order valence-electron chi connectivity index (χ4n) is 4.21. The zero-order chi connectivity index (χ0) is 21.5. The van der Waals surface area contributed by atoms with Crippen LogP contribution in [0.15, 0.2) is 48.5 Å². The number of hydrogen-bond acceptors (Lipinski definition) is 5. The molecule has 8 nitrogen and oxygen atoms in total. The average Bonchev–Trinajstić information content (AvgIpc) is 3.26. The van der Waals surface area contributed by atoms with Gasteiger partial charge in [0.1, 0.15) is 39.3 Å². The van der Waals surface area contributed by atoms with Crippen molar-refractivity contribution in [2.75, 3.05) is 40.4 Å². The van der Waals surface area contributed by atoms with Crippen LogP contribution in [0.3, 0.4) is 0 Å². The molecule has 0 unspecified atom stereocenters. The topological polar surface area (TPSA) is 70.9 Å². The number of hydrogen-bond donors (Lipinski definition) is 2. The van der Waals surface area contributed by atoms with E-state index in [1.54, 1.807) is 24.0 Å². The van der Waals surface area contributed by atoms with E-state index in [9.17, 15) is 0 Å². The van der Waals surface area contributed by atoms with Gasteiger partial charge in [0.25, 0.3) is 0 Å². The number of tetrazole rings is 1. The van der Waals surface area contributed by atoms with E-state index in [0.717, 1.165) is 56.5 Å². The van der Waals surface area contributed by atoms with E-state index in [1.807, 2.05) is 16.8 Å². The van der Waals surface area contributed by atoms with Crippen molar-refractivity contribution in [2.45, 2.75) is 26.1 Å². The number of piperazine rings is 1. The lowest BCUT2D eigenvalue weighted by atomic mass is 10.1. The minimum atomic E-state index is 0.742. The van der Waals surface area contributed by atoms with E-state index in [1.165, 1.54) is 24.2 Å². The van der Waals surface area contributed by atoms with Crippen molar-refractivity contribution in [3.8, 4) is 11.5 Å². The molecule has 4 rings (SSSR count). The molecule has 1 aliphatic rings. The third-order valence-corrected chi connectivity index (χ3v) is 6.04. The van der Waals surface area contributed by atoms with Crippen molar-refractivity contribution in [3.63, 3.8) is 0 Å². The molecule has 3 aromatic rings. The quantitative estimate of drug-likeness (QED) is 0.481. The Balaban J connectivity index is 1.28. The molecule has 0 radical (unpaired) electrons.